The molecule has 4 rings (SSSR count). The molecule has 2 aliphatic rings. The molecule has 2 fully saturated rings. The zero-order chi connectivity index (χ0) is 16.8. The van der Waals surface area contributed by atoms with Gasteiger partial charge in [-0.15, -0.1) is 0 Å². The van der Waals surface area contributed by atoms with Crippen LogP contribution in [0.2, 0.25) is 0 Å². The van der Waals surface area contributed by atoms with E-state index in [9.17, 15) is 4.79 Å². The normalized spacial score (nSPS) is 27.0. The minimum absolute atomic E-state index is 0.249. The van der Waals surface area contributed by atoms with E-state index in [1.54, 1.807) is 6.07 Å². The topological polar surface area (TPSA) is 42.2 Å². The van der Waals surface area contributed by atoms with Gasteiger partial charge in [-0.3, -0.25) is 0 Å². The number of hydrogen-bond donors (Lipinski definition) is 1. The maximum absolute atomic E-state index is 12.0. The highest BCUT2D eigenvalue weighted by atomic mass is 16.4. The standard InChI is InChI=1S/C21H27NO2/c1-12-4-7-18-17(10-20(23)24-21(18)13(12)2)11-22-14(3)19-9-15-5-6-16(19)8-15/h4,7,10,14-16,19,22H,5-6,8-9,11H2,1-3H3/t14-,15+,16+,19-/m1/s1. The molecule has 1 aromatic heterocycles. The van der Waals surface area contributed by atoms with Crippen LogP contribution in [0.25, 0.3) is 11.0 Å². The predicted octanol–water partition coefficient (Wildman–Crippen LogP) is 4.32. The van der Waals surface area contributed by atoms with Gasteiger partial charge in [0.2, 0.25) is 0 Å². The molecule has 2 saturated carbocycles. The fourth-order valence-electron chi connectivity index (χ4n) is 5.00. The smallest absolute Gasteiger partial charge is 0.336 e. The SMILES string of the molecule is Cc1ccc2c(CN[C@H](C)[C@H]3C[C@H]4CC[C@H]3C4)cc(=O)oc2c1C. The lowest BCUT2D eigenvalue weighted by Crippen LogP contribution is -2.36. The van der Waals surface area contributed by atoms with E-state index in [1.165, 1.54) is 25.7 Å². The third-order valence-corrected chi connectivity index (χ3v) is 6.57. The third kappa shape index (κ3) is 2.69. The highest BCUT2D eigenvalue weighted by Crippen LogP contribution is 2.49. The van der Waals surface area contributed by atoms with Crippen LogP contribution in [0.3, 0.4) is 0 Å². The van der Waals surface area contributed by atoms with Crippen molar-refractivity contribution in [3.8, 4) is 0 Å². The summed E-state index contributed by atoms with van der Waals surface area (Å²) in [5.41, 5.74) is 3.77. The van der Waals surface area contributed by atoms with Crippen LogP contribution in [0.5, 0.6) is 0 Å². The van der Waals surface area contributed by atoms with E-state index < -0.39 is 0 Å². The molecule has 4 atom stereocenters. The van der Waals surface area contributed by atoms with Crippen LogP contribution in [0.15, 0.2) is 27.4 Å². The molecule has 0 aliphatic heterocycles. The molecular weight excluding hydrogens is 298 g/mol. The average Bonchev–Trinajstić information content (AvgIpc) is 3.19. The summed E-state index contributed by atoms with van der Waals surface area (Å²) in [5, 5.41) is 4.76. The number of nitrogens with one attached hydrogen (secondary N) is 1. The zero-order valence-electron chi connectivity index (χ0n) is 14.9. The van der Waals surface area contributed by atoms with E-state index in [4.69, 9.17) is 4.42 Å². The Morgan fingerprint density at radius 1 is 1.25 bits per heavy atom. The van der Waals surface area contributed by atoms with Gasteiger partial charge < -0.3 is 9.73 Å². The fraction of sp³-hybridized carbons (Fsp3) is 0.571. The number of benzene rings is 1. The Labute approximate surface area is 143 Å². The average molecular weight is 325 g/mol. The van der Waals surface area contributed by atoms with Crippen LogP contribution < -0.4 is 10.9 Å². The van der Waals surface area contributed by atoms with E-state index in [0.717, 1.165) is 52.0 Å². The largest absolute Gasteiger partial charge is 0.422 e. The lowest BCUT2D eigenvalue weighted by molar-refractivity contribution is 0.259. The van der Waals surface area contributed by atoms with Gasteiger partial charge in [0.05, 0.1) is 0 Å². The third-order valence-electron chi connectivity index (χ3n) is 6.57. The van der Waals surface area contributed by atoms with Gasteiger partial charge in [0.25, 0.3) is 0 Å². The van der Waals surface area contributed by atoms with Crippen LogP contribution in [0, 0.1) is 31.6 Å². The summed E-state index contributed by atoms with van der Waals surface area (Å²) in [7, 11) is 0. The number of hydrogen-bond acceptors (Lipinski definition) is 3. The van der Waals surface area contributed by atoms with Crippen molar-refractivity contribution in [2.45, 2.75) is 59.0 Å². The van der Waals surface area contributed by atoms with Crippen molar-refractivity contribution in [3.63, 3.8) is 0 Å². The van der Waals surface area contributed by atoms with Gasteiger partial charge in [-0.1, -0.05) is 18.6 Å². The molecular formula is C21H27NO2. The Bertz CT molecular complexity index is 822. The Kier molecular flexibility index (Phi) is 4.00. The van der Waals surface area contributed by atoms with E-state index in [0.29, 0.717) is 6.04 Å². The molecule has 2 aromatic rings. The van der Waals surface area contributed by atoms with Gasteiger partial charge in [0, 0.05) is 24.0 Å². The van der Waals surface area contributed by atoms with Crippen molar-refractivity contribution in [3.05, 3.63) is 45.3 Å². The summed E-state index contributed by atoms with van der Waals surface area (Å²) < 4.78 is 5.48. The second-order valence-corrected chi connectivity index (χ2v) is 7.98. The molecule has 2 bridgehead atoms. The number of rotatable bonds is 4. The van der Waals surface area contributed by atoms with E-state index in [2.05, 4.69) is 31.3 Å². The first-order chi connectivity index (χ1) is 11.5. The molecule has 24 heavy (non-hydrogen) atoms. The highest BCUT2D eigenvalue weighted by Gasteiger charge is 2.41. The molecule has 0 amide bonds. The van der Waals surface area contributed by atoms with Gasteiger partial charge in [-0.2, -0.15) is 0 Å². The lowest BCUT2D eigenvalue weighted by atomic mass is 9.84. The summed E-state index contributed by atoms with van der Waals surface area (Å²) in [4.78, 5) is 12.0. The molecule has 1 heterocycles. The summed E-state index contributed by atoms with van der Waals surface area (Å²) >= 11 is 0. The highest BCUT2D eigenvalue weighted by molar-refractivity contribution is 5.83. The van der Waals surface area contributed by atoms with Crippen molar-refractivity contribution in [1.82, 2.24) is 5.32 Å². The molecule has 1 N–H and O–H groups in total. The summed E-state index contributed by atoms with van der Waals surface area (Å²) in [5.74, 6) is 2.69. The molecule has 2 aliphatic carbocycles. The summed E-state index contributed by atoms with van der Waals surface area (Å²) in [6, 6.07) is 6.35. The van der Waals surface area contributed by atoms with Crippen molar-refractivity contribution >= 4 is 11.0 Å². The van der Waals surface area contributed by atoms with Crippen molar-refractivity contribution in [2.24, 2.45) is 17.8 Å². The fourth-order valence-corrected chi connectivity index (χ4v) is 5.00. The van der Waals surface area contributed by atoms with E-state index in [-0.39, 0.29) is 5.63 Å². The van der Waals surface area contributed by atoms with Crippen molar-refractivity contribution < 1.29 is 4.42 Å². The Morgan fingerprint density at radius 2 is 2.08 bits per heavy atom. The Morgan fingerprint density at radius 3 is 2.79 bits per heavy atom. The van der Waals surface area contributed by atoms with Gasteiger partial charge in [-0.25, -0.2) is 4.79 Å². The second kappa shape index (κ2) is 6.03. The Balaban J connectivity index is 1.56. The number of aryl methyl sites for hydroxylation is 2. The van der Waals surface area contributed by atoms with Crippen LogP contribution in [0.1, 0.15) is 49.3 Å². The maximum atomic E-state index is 12.0. The monoisotopic (exact) mass is 325 g/mol. The minimum Gasteiger partial charge on any atom is -0.422 e. The molecule has 0 spiro atoms. The molecule has 0 saturated heterocycles. The quantitative estimate of drug-likeness (QED) is 0.851. The van der Waals surface area contributed by atoms with Crippen LogP contribution in [-0.4, -0.2) is 6.04 Å². The first-order valence-electron chi connectivity index (χ1n) is 9.29. The number of fused-ring (bicyclic) bond motifs is 3. The first kappa shape index (κ1) is 15.9. The zero-order valence-corrected chi connectivity index (χ0v) is 14.9. The van der Waals surface area contributed by atoms with Gasteiger partial charge >= 0.3 is 5.63 Å². The molecule has 1 aromatic carbocycles. The summed E-state index contributed by atoms with van der Waals surface area (Å²) in [6.45, 7) is 7.13. The minimum atomic E-state index is -0.249. The molecule has 128 valence electrons. The summed E-state index contributed by atoms with van der Waals surface area (Å²) in [6.07, 6.45) is 5.68. The van der Waals surface area contributed by atoms with E-state index >= 15 is 0 Å². The Hall–Kier alpha value is -1.61. The first-order valence-corrected chi connectivity index (χ1v) is 9.29. The second-order valence-electron chi connectivity index (χ2n) is 7.98. The van der Waals surface area contributed by atoms with Gasteiger partial charge in [0.15, 0.2) is 0 Å². The van der Waals surface area contributed by atoms with Crippen molar-refractivity contribution in [2.75, 3.05) is 0 Å². The lowest BCUT2D eigenvalue weighted by Gasteiger charge is -2.28. The van der Waals surface area contributed by atoms with Gasteiger partial charge in [-0.05, 0) is 74.5 Å². The van der Waals surface area contributed by atoms with Crippen molar-refractivity contribution in [1.29, 1.82) is 0 Å². The van der Waals surface area contributed by atoms with Gasteiger partial charge in [0.1, 0.15) is 5.58 Å². The van der Waals surface area contributed by atoms with Crippen LogP contribution in [0.4, 0.5) is 0 Å². The molecule has 3 heteroatoms. The van der Waals surface area contributed by atoms with Crippen LogP contribution >= 0.6 is 0 Å². The molecule has 0 radical (unpaired) electrons. The molecule has 0 unspecified atom stereocenters. The molecule has 3 nitrogen and oxygen atoms in total. The van der Waals surface area contributed by atoms with E-state index in [1.807, 2.05) is 6.92 Å². The maximum Gasteiger partial charge on any atom is 0.336 e. The predicted molar refractivity (Wildman–Crippen MR) is 97.2 cm³/mol. The van der Waals surface area contributed by atoms with Crippen LogP contribution in [-0.2, 0) is 6.54 Å².